The fourth-order valence-electron chi connectivity index (χ4n) is 4.09. The number of benzene rings is 2. The molecular formula is C23H23FN2O2S. The predicted octanol–water partition coefficient (Wildman–Crippen LogP) is 5.33. The molecule has 3 aromatic rings. The molecule has 1 aliphatic carbocycles. The van der Waals surface area contributed by atoms with Crippen molar-refractivity contribution in [2.75, 3.05) is 12.4 Å². The molecule has 1 aromatic heterocycles. The lowest BCUT2D eigenvalue weighted by Gasteiger charge is -2.27. The van der Waals surface area contributed by atoms with Crippen LogP contribution in [0.25, 0.3) is 0 Å². The van der Waals surface area contributed by atoms with Gasteiger partial charge in [0.25, 0.3) is 0 Å². The summed E-state index contributed by atoms with van der Waals surface area (Å²) in [4.78, 5) is 18.7. The van der Waals surface area contributed by atoms with Crippen LogP contribution in [0.1, 0.15) is 41.7 Å². The number of aromatic nitrogens is 1. The number of amides is 1. The van der Waals surface area contributed by atoms with Gasteiger partial charge in [0.2, 0.25) is 5.91 Å². The van der Waals surface area contributed by atoms with Crippen molar-refractivity contribution in [3.63, 3.8) is 0 Å². The number of ether oxygens (including phenoxy) is 1. The van der Waals surface area contributed by atoms with Crippen LogP contribution in [0, 0.1) is 5.82 Å². The molecule has 2 aromatic carbocycles. The predicted molar refractivity (Wildman–Crippen MR) is 113 cm³/mol. The molecule has 0 bridgehead atoms. The van der Waals surface area contributed by atoms with Crippen LogP contribution in [-0.2, 0) is 16.6 Å². The van der Waals surface area contributed by atoms with E-state index in [1.807, 2.05) is 24.3 Å². The highest BCUT2D eigenvalue weighted by Gasteiger charge is 2.43. The average Bonchev–Trinajstić information content (AvgIpc) is 3.39. The van der Waals surface area contributed by atoms with E-state index in [2.05, 4.69) is 10.3 Å². The topological polar surface area (TPSA) is 51.2 Å². The first kappa shape index (κ1) is 19.6. The molecule has 1 aliphatic rings. The Labute approximate surface area is 173 Å². The lowest BCUT2D eigenvalue weighted by molar-refractivity contribution is -0.121. The number of anilines is 1. The van der Waals surface area contributed by atoms with E-state index in [-0.39, 0.29) is 11.7 Å². The van der Waals surface area contributed by atoms with E-state index in [4.69, 9.17) is 4.74 Å². The van der Waals surface area contributed by atoms with Crippen molar-refractivity contribution in [2.24, 2.45) is 0 Å². The fraction of sp³-hybridized carbons (Fsp3) is 0.304. The maximum absolute atomic E-state index is 13.4. The zero-order valence-corrected chi connectivity index (χ0v) is 17.1. The molecule has 29 heavy (non-hydrogen) atoms. The number of nitrogens with one attached hydrogen (secondary N) is 1. The number of para-hydroxylation sites is 1. The highest BCUT2D eigenvalue weighted by atomic mass is 32.1. The van der Waals surface area contributed by atoms with Gasteiger partial charge in [-0.1, -0.05) is 43.2 Å². The third-order valence-electron chi connectivity index (χ3n) is 5.62. The molecule has 1 fully saturated rings. The molecule has 0 radical (unpaired) electrons. The summed E-state index contributed by atoms with van der Waals surface area (Å²) in [5.74, 6) is 0.496. The minimum absolute atomic E-state index is 0.0557. The Bertz CT molecular complexity index is 994. The number of halogens is 1. The lowest BCUT2D eigenvalue weighted by Crippen LogP contribution is -2.37. The van der Waals surface area contributed by atoms with E-state index in [9.17, 15) is 9.18 Å². The molecule has 4 rings (SSSR count). The summed E-state index contributed by atoms with van der Waals surface area (Å²) in [6.45, 7) is 0. The summed E-state index contributed by atoms with van der Waals surface area (Å²) in [6, 6.07) is 14.2. The van der Waals surface area contributed by atoms with E-state index in [1.165, 1.54) is 23.5 Å². The van der Waals surface area contributed by atoms with Crippen LogP contribution in [0.15, 0.2) is 54.7 Å². The molecule has 6 heteroatoms. The van der Waals surface area contributed by atoms with Crippen LogP contribution < -0.4 is 10.1 Å². The Hall–Kier alpha value is -2.73. The molecule has 4 nitrogen and oxygen atoms in total. The van der Waals surface area contributed by atoms with Crippen molar-refractivity contribution in [1.82, 2.24) is 4.98 Å². The largest absolute Gasteiger partial charge is 0.496 e. The smallest absolute Gasteiger partial charge is 0.236 e. The van der Waals surface area contributed by atoms with Gasteiger partial charge in [-0.25, -0.2) is 9.37 Å². The molecule has 1 amide bonds. The van der Waals surface area contributed by atoms with E-state index in [0.29, 0.717) is 11.6 Å². The third kappa shape index (κ3) is 4.03. The minimum Gasteiger partial charge on any atom is -0.496 e. The Morgan fingerprint density at radius 1 is 1.17 bits per heavy atom. The Morgan fingerprint density at radius 2 is 1.90 bits per heavy atom. The van der Waals surface area contributed by atoms with Gasteiger partial charge in [-0.05, 0) is 42.2 Å². The van der Waals surface area contributed by atoms with Crippen LogP contribution in [0.2, 0.25) is 0 Å². The molecule has 0 atom stereocenters. The van der Waals surface area contributed by atoms with Gasteiger partial charge in [0.15, 0.2) is 5.13 Å². The Kier molecular flexibility index (Phi) is 5.62. The zero-order chi connectivity index (χ0) is 20.3. The van der Waals surface area contributed by atoms with Crippen molar-refractivity contribution in [1.29, 1.82) is 0 Å². The van der Waals surface area contributed by atoms with Gasteiger partial charge in [-0.3, -0.25) is 4.79 Å². The normalized spacial score (nSPS) is 15.2. The lowest BCUT2D eigenvalue weighted by atomic mass is 9.78. The van der Waals surface area contributed by atoms with Gasteiger partial charge in [-0.15, -0.1) is 11.3 Å². The first-order valence-corrected chi connectivity index (χ1v) is 10.6. The first-order valence-electron chi connectivity index (χ1n) is 9.75. The number of carbonyl (C=O) groups excluding carboxylic acids is 1. The molecule has 1 N–H and O–H groups in total. The minimum atomic E-state index is -0.609. The standard InChI is InChI=1S/C23H23FN2O2S/c1-28-20-7-3-2-6-16(20)14-19-15-25-22(29-19)26-21(27)23(12-4-5-13-23)17-8-10-18(24)11-9-17/h2-3,6-11,15H,4-5,12-14H2,1H3,(H,25,26,27). The molecule has 0 unspecified atom stereocenters. The fourth-order valence-corrected chi connectivity index (χ4v) is 4.93. The third-order valence-corrected chi connectivity index (χ3v) is 6.53. The Balaban J connectivity index is 1.51. The van der Waals surface area contributed by atoms with Gasteiger partial charge >= 0.3 is 0 Å². The van der Waals surface area contributed by atoms with Crippen LogP contribution in [0.3, 0.4) is 0 Å². The second kappa shape index (κ2) is 8.33. The quantitative estimate of drug-likeness (QED) is 0.597. The molecule has 0 spiro atoms. The number of rotatable bonds is 6. The highest BCUT2D eigenvalue weighted by molar-refractivity contribution is 7.15. The maximum Gasteiger partial charge on any atom is 0.236 e. The maximum atomic E-state index is 13.4. The van der Waals surface area contributed by atoms with Gasteiger partial charge in [-0.2, -0.15) is 0 Å². The van der Waals surface area contributed by atoms with Gasteiger partial charge in [0.1, 0.15) is 11.6 Å². The summed E-state index contributed by atoms with van der Waals surface area (Å²) in [5.41, 5.74) is 1.34. The molecule has 0 saturated heterocycles. The van der Waals surface area contributed by atoms with Gasteiger partial charge in [0.05, 0.1) is 12.5 Å². The van der Waals surface area contributed by atoms with Gasteiger partial charge in [0, 0.05) is 17.5 Å². The summed E-state index contributed by atoms with van der Waals surface area (Å²) in [7, 11) is 1.66. The molecule has 1 heterocycles. The van der Waals surface area contributed by atoms with Crippen molar-refractivity contribution < 1.29 is 13.9 Å². The van der Waals surface area contributed by atoms with Crippen molar-refractivity contribution in [3.8, 4) is 5.75 Å². The molecule has 1 saturated carbocycles. The monoisotopic (exact) mass is 410 g/mol. The van der Waals surface area contributed by atoms with Crippen molar-refractivity contribution >= 4 is 22.4 Å². The Morgan fingerprint density at radius 3 is 2.62 bits per heavy atom. The molecular weight excluding hydrogens is 387 g/mol. The first-order chi connectivity index (χ1) is 14.1. The zero-order valence-electron chi connectivity index (χ0n) is 16.3. The van der Waals surface area contributed by atoms with Crippen molar-refractivity contribution in [2.45, 2.75) is 37.5 Å². The SMILES string of the molecule is COc1ccccc1Cc1cnc(NC(=O)C2(c3ccc(F)cc3)CCCC2)s1. The van der Waals surface area contributed by atoms with E-state index < -0.39 is 5.41 Å². The average molecular weight is 411 g/mol. The molecule has 0 aliphatic heterocycles. The van der Waals surface area contributed by atoms with Crippen LogP contribution in [0.4, 0.5) is 9.52 Å². The number of methoxy groups -OCH3 is 1. The summed E-state index contributed by atoms with van der Waals surface area (Å²) in [5, 5.41) is 3.61. The number of carbonyl (C=O) groups is 1. The highest BCUT2D eigenvalue weighted by Crippen LogP contribution is 2.42. The summed E-state index contributed by atoms with van der Waals surface area (Å²) >= 11 is 1.47. The van der Waals surface area contributed by atoms with Gasteiger partial charge < -0.3 is 10.1 Å². The van der Waals surface area contributed by atoms with Crippen LogP contribution in [-0.4, -0.2) is 18.0 Å². The second-order valence-electron chi connectivity index (χ2n) is 7.37. The summed E-state index contributed by atoms with van der Waals surface area (Å²) in [6.07, 6.45) is 6.00. The van der Waals surface area contributed by atoms with Crippen molar-refractivity contribution in [3.05, 3.63) is 76.5 Å². The summed E-state index contributed by atoms with van der Waals surface area (Å²) < 4.78 is 18.8. The second-order valence-corrected chi connectivity index (χ2v) is 8.49. The number of nitrogens with zero attached hydrogens (tertiary/aromatic N) is 1. The van der Waals surface area contributed by atoms with Crippen LogP contribution in [0.5, 0.6) is 5.75 Å². The number of hydrogen-bond donors (Lipinski definition) is 1. The van der Waals surface area contributed by atoms with E-state index in [0.717, 1.165) is 47.4 Å². The molecule has 150 valence electrons. The number of thiazole rings is 1. The number of hydrogen-bond acceptors (Lipinski definition) is 4. The van der Waals surface area contributed by atoms with Crippen LogP contribution >= 0.6 is 11.3 Å². The van der Waals surface area contributed by atoms with E-state index in [1.54, 1.807) is 25.4 Å². The van der Waals surface area contributed by atoms with E-state index >= 15 is 0 Å².